The van der Waals surface area contributed by atoms with Crippen LogP contribution in [-0.4, -0.2) is 206 Å². The van der Waals surface area contributed by atoms with Crippen molar-refractivity contribution in [3.8, 4) is 56.5 Å². The maximum Gasteiger partial charge on any atom is 0.251 e. The number of benzene rings is 7. The second-order valence-electron chi connectivity index (χ2n) is 37.8. The van der Waals surface area contributed by atoms with Gasteiger partial charge in [-0.3, -0.25) is 24.1 Å². The van der Waals surface area contributed by atoms with Crippen LogP contribution in [-0.2, 0) is 64.0 Å². The Labute approximate surface area is 821 Å². The van der Waals surface area contributed by atoms with Gasteiger partial charge >= 0.3 is 0 Å². The molecule has 0 unspecified atom stereocenters. The molecular weight excluding hydrogens is 1780 g/mol. The summed E-state index contributed by atoms with van der Waals surface area (Å²) in [4.78, 5) is 89.7. The molecule has 35 nitrogen and oxygen atoms in total. The monoisotopic (exact) mass is 1910 g/mol. The number of nitrogens with two attached hydrogens (primary N) is 4. The fourth-order valence-corrected chi connectivity index (χ4v) is 16.4. The fourth-order valence-electron chi connectivity index (χ4n) is 16.4. The topological polar surface area (TPSA) is 448 Å². The molecule has 0 spiro atoms. The first-order chi connectivity index (χ1) is 67.8. The largest absolute Gasteiger partial charge is 0.486 e. The highest BCUT2D eigenvalue weighted by Gasteiger charge is 2.34. The first-order valence-corrected chi connectivity index (χ1v) is 47.8. The lowest BCUT2D eigenvalue weighted by Gasteiger charge is -2.28. The number of ether oxygens (including phenoxy) is 5. The Morgan fingerprint density at radius 2 is 0.730 bits per heavy atom. The number of morpholine rings is 1. The third-order valence-corrected chi connectivity index (χ3v) is 24.8. The van der Waals surface area contributed by atoms with Gasteiger partial charge in [0.05, 0.1) is 70.1 Å². The summed E-state index contributed by atoms with van der Waals surface area (Å²) in [6.45, 7) is 39.0. The molecule has 738 valence electrons. The summed E-state index contributed by atoms with van der Waals surface area (Å²) in [5.41, 5.74) is 40.5. The molecule has 2 aliphatic rings. The molecule has 17 rings (SSSR count). The van der Waals surface area contributed by atoms with Crippen LogP contribution < -0.4 is 58.6 Å². The third-order valence-electron chi connectivity index (χ3n) is 24.8. The summed E-state index contributed by atoms with van der Waals surface area (Å²) in [5, 5.41) is 34.6. The van der Waals surface area contributed by atoms with Crippen molar-refractivity contribution in [2.24, 2.45) is 0 Å². The summed E-state index contributed by atoms with van der Waals surface area (Å²) < 4.78 is 35.3. The van der Waals surface area contributed by atoms with E-state index in [2.05, 4.69) is 84.8 Å². The Bertz CT molecular complexity index is 6770. The predicted molar refractivity (Wildman–Crippen MR) is 552 cm³/mol. The molecule has 35 heteroatoms. The van der Waals surface area contributed by atoms with Crippen molar-refractivity contribution in [1.82, 2.24) is 105 Å². The zero-order valence-corrected chi connectivity index (χ0v) is 83.1. The fraction of sp³-hybridized carbons (Fsp3) is 0.377. The number of hydrogen-bond acceptors (Lipinski definition) is 27. The summed E-state index contributed by atoms with van der Waals surface area (Å²) in [6, 6.07) is 55.9. The van der Waals surface area contributed by atoms with Crippen molar-refractivity contribution in [2.75, 3.05) is 126 Å². The molecule has 0 bridgehead atoms. The van der Waals surface area contributed by atoms with Crippen molar-refractivity contribution in [2.45, 2.75) is 164 Å². The van der Waals surface area contributed by atoms with Gasteiger partial charge in [-0.2, -0.15) is 20.4 Å². The van der Waals surface area contributed by atoms with E-state index in [1.165, 1.54) is 30.9 Å². The number of nitrogens with zero attached hydrogens (tertiary/aromatic N) is 18. The molecule has 0 radical (unpaired) electrons. The molecule has 141 heavy (non-hydrogen) atoms. The van der Waals surface area contributed by atoms with E-state index in [4.69, 9.17) is 67.0 Å². The number of aryl methyl sites for hydroxylation is 4. The maximum absolute atomic E-state index is 12.9. The predicted octanol–water partition coefficient (Wildman–Crippen LogP) is 14.6. The molecule has 15 aromatic rings. The number of hydrogen-bond donors (Lipinski definition) is 8. The molecule has 12 N–H and O–H groups in total. The van der Waals surface area contributed by atoms with Gasteiger partial charge in [0, 0.05) is 125 Å². The average molecular weight is 1910 g/mol. The highest BCUT2D eigenvalue weighted by atomic mass is 16.6. The minimum absolute atomic E-state index is 0.0222. The van der Waals surface area contributed by atoms with Crippen LogP contribution in [0, 0.1) is 27.7 Å². The lowest BCUT2D eigenvalue weighted by molar-refractivity contribution is -0.122. The lowest BCUT2D eigenvalue weighted by Crippen LogP contribution is -2.43. The van der Waals surface area contributed by atoms with Crippen molar-refractivity contribution in [1.29, 1.82) is 0 Å². The molecule has 1 fully saturated rings. The van der Waals surface area contributed by atoms with Crippen molar-refractivity contribution in [3.63, 3.8) is 0 Å². The summed E-state index contributed by atoms with van der Waals surface area (Å²) >= 11 is 0. The molecule has 0 aliphatic carbocycles. The molecule has 2 aliphatic heterocycles. The molecule has 0 saturated carbocycles. The highest BCUT2D eigenvalue weighted by molar-refractivity contribution is 6.02. The minimum Gasteiger partial charge on any atom is -0.486 e. The summed E-state index contributed by atoms with van der Waals surface area (Å²) in [7, 11) is 0. The quantitative estimate of drug-likeness (QED) is 0.0171. The molecule has 1 saturated heterocycles. The van der Waals surface area contributed by atoms with Crippen LogP contribution in [0.4, 0.5) is 29.0 Å². The van der Waals surface area contributed by atoms with Crippen molar-refractivity contribution in [3.05, 3.63) is 234 Å². The van der Waals surface area contributed by atoms with E-state index < -0.39 is 22.2 Å². The number of aromatic nitrogens is 16. The smallest absolute Gasteiger partial charge is 0.251 e. The highest BCUT2D eigenvalue weighted by Crippen LogP contribution is 2.39. The molecule has 4 amide bonds. The normalized spacial score (nSPS) is 12.8. The maximum atomic E-state index is 12.9. The molecule has 10 heterocycles. The van der Waals surface area contributed by atoms with Gasteiger partial charge < -0.3 is 72.8 Å². The molecule has 7 aromatic carbocycles. The zero-order valence-electron chi connectivity index (χ0n) is 83.1. The van der Waals surface area contributed by atoms with Crippen LogP contribution in [0.5, 0.6) is 11.5 Å². The number of nitrogens with one attached hydrogen (secondary N) is 4. The number of fused-ring (bicyclic) bond motifs is 5. The summed E-state index contributed by atoms with van der Waals surface area (Å²) in [5.74, 6) is 2.85. The Hall–Kier alpha value is -14.9. The Balaban J connectivity index is 0.000000150. The second-order valence-corrected chi connectivity index (χ2v) is 37.8. The minimum atomic E-state index is -0.571. The second kappa shape index (κ2) is 46.2. The zero-order chi connectivity index (χ0) is 100. The van der Waals surface area contributed by atoms with E-state index in [9.17, 15) is 19.2 Å². The Morgan fingerprint density at radius 1 is 0.390 bits per heavy atom. The van der Waals surface area contributed by atoms with E-state index in [1.807, 2.05) is 272 Å². The van der Waals surface area contributed by atoms with Crippen LogP contribution in [0.2, 0.25) is 0 Å². The van der Waals surface area contributed by atoms with E-state index in [1.54, 1.807) is 0 Å². The van der Waals surface area contributed by atoms with Crippen LogP contribution >= 0.6 is 0 Å². The van der Waals surface area contributed by atoms with Gasteiger partial charge in [-0.15, -0.1) is 0 Å². The number of rotatable bonds is 35. The van der Waals surface area contributed by atoms with E-state index >= 15 is 0 Å². The van der Waals surface area contributed by atoms with Crippen LogP contribution in [0.3, 0.4) is 0 Å². The van der Waals surface area contributed by atoms with Gasteiger partial charge in [-0.25, -0.2) is 58.6 Å². The van der Waals surface area contributed by atoms with Gasteiger partial charge in [0.15, 0.2) is 34.1 Å². The van der Waals surface area contributed by atoms with Crippen LogP contribution in [0.15, 0.2) is 195 Å². The van der Waals surface area contributed by atoms with Gasteiger partial charge in [0.2, 0.25) is 17.7 Å². The number of carbonyl (C=O) groups is 4. The standard InChI is InChI=1S/C29H34N6O4.C27H33N7O.C27H32N6O2.C23H31N7O2/c1-19-6-9-21(10-7-19)26-25-27(30)32-18-33-28(25)35(34-26)29(2,3)17-31-24(36)5-4-12-37-16-20-8-11-22-23(15-20)39-14-13-38-22;1-6-33(7-2)21-14-12-20(13-15-21)26(35)29-16-27(4,5)34-25-22(24(28)30-17-31-25)23(32-34)19-10-8-18(3)9-11-19;1-19-11-13-21(14-12-19)24-23-25(28)30-18-31-26(23)33(32-24)27(2,3)17-29-22(34)10-7-15-35-16-20-8-5-4-6-9-20;1-16-4-6-17(7-5-16)20-19-21(24)26-15-27-22(19)30(28-20)23(2,3)14-25-18(31)8-9-29-10-12-32-13-11-29/h6-11,15,18H,4-5,12-14,16-17H2,1-3H3,(H,31,36)(H2,30,32,33);8-15,17H,6-7,16H2,1-5H3,(H,29,35)(H2,28,30,31);4-6,8-9,11-14,18H,7,10,15-17H2,1-3H3,(H,29,34)(H2,28,30,31);4-7,15H,8-14H2,1-3H3,(H,25,31)(H2,24,26,27). The third kappa shape index (κ3) is 25.6. The molecule has 0 atom stereocenters. The van der Waals surface area contributed by atoms with Gasteiger partial charge in [-0.1, -0.05) is 156 Å². The van der Waals surface area contributed by atoms with Crippen molar-refractivity contribution < 1.29 is 42.9 Å². The van der Waals surface area contributed by atoms with E-state index in [0.29, 0.717) is 166 Å². The summed E-state index contributed by atoms with van der Waals surface area (Å²) in [6.07, 6.45) is 8.27. The van der Waals surface area contributed by atoms with Crippen LogP contribution in [0.1, 0.15) is 145 Å². The van der Waals surface area contributed by atoms with Gasteiger partial charge in [0.25, 0.3) is 5.91 Å². The van der Waals surface area contributed by atoms with Gasteiger partial charge in [-0.05, 0) is 157 Å². The number of anilines is 5. The Morgan fingerprint density at radius 3 is 1.09 bits per heavy atom. The van der Waals surface area contributed by atoms with Crippen LogP contribution in [0.25, 0.3) is 89.2 Å². The molecular formula is C106H130N26O9. The van der Waals surface area contributed by atoms with Crippen molar-refractivity contribution >= 4 is 96.7 Å². The number of nitrogen functional groups attached to an aromatic ring is 4. The van der Waals surface area contributed by atoms with E-state index in [-0.39, 0.29) is 23.6 Å². The number of amides is 4. The average Bonchev–Trinajstić information content (AvgIpc) is 1.62. The number of carbonyl (C=O) groups excluding carboxylic acids is 4. The Kier molecular flexibility index (Phi) is 33.4. The van der Waals surface area contributed by atoms with Gasteiger partial charge in [0.1, 0.15) is 84.6 Å². The first-order valence-electron chi connectivity index (χ1n) is 47.8. The first kappa shape index (κ1) is 102. The molecule has 8 aromatic heterocycles. The lowest BCUT2D eigenvalue weighted by atomic mass is 10.1. The van der Waals surface area contributed by atoms with E-state index in [0.717, 1.165) is 141 Å². The SMILES string of the molecule is CCN(CC)c1ccc(C(=O)NCC(C)(C)n2nc(-c3ccc(C)cc3)c3c(N)ncnc32)cc1.Cc1ccc(-c2nn(C(C)(C)CNC(=O)CCCOCc3ccc4c(c3)OCCO4)c3ncnc(N)c23)cc1.Cc1ccc(-c2nn(C(C)(C)CNC(=O)CCCOCc3ccccc3)c3ncnc(N)c23)cc1.Cc1ccc(-c2nn(C(C)(C)CNC(=O)CCN3CCOCC3)c3ncnc(N)c23)cc1.